The molecule has 0 saturated heterocycles. The first-order valence-corrected chi connectivity index (χ1v) is 6.94. The Morgan fingerprint density at radius 1 is 1.47 bits per heavy atom. The SMILES string of the molecule is Cc1nn(C)c(Cl)c1Cn1cc(CNC2CC2)cn1. The van der Waals surface area contributed by atoms with Crippen LogP contribution in [-0.2, 0) is 20.1 Å². The van der Waals surface area contributed by atoms with E-state index in [9.17, 15) is 0 Å². The average molecular weight is 280 g/mol. The summed E-state index contributed by atoms with van der Waals surface area (Å²) in [7, 11) is 1.85. The number of nitrogens with zero attached hydrogens (tertiary/aromatic N) is 4. The van der Waals surface area contributed by atoms with Crippen molar-refractivity contribution < 1.29 is 0 Å². The molecule has 19 heavy (non-hydrogen) atoms. The number of nitrogens with one attached hydrogen (secondary N) is 1. The maximum absolute atomic E-state index is 6.23. The van der Waals surface area contributed by atoms with Crippen molar-refractivity contribution in [2.24, 2.45) is 7.05 Å². The van der Waals surface area contributed by atoms with Crippen LogP contribution < -0.4 is 5.32 Å². The molecule has 1 aliphatic rings. The number of rotatable bonds is 5. The van der Waals surface area contributed by atoms with Crippen LogP contribution in [0.2, 0.25) is 5.15 Å². The van der Waals surface area contributed by atoms with E-state index < -0.39 is 0 Å². The summed E-state index contributed by atoms with van der Waals surface area (Å²) in [5.41, 5.74) is 3.21. The highest BCUT2D eigenvalue weighted by Crippen LogP contribution is 2.20. The van der Waals surface area contributed by atoms with E-state index in [0.717, 1.165) is 23.8 Å². The lowest BCUT2D eigenvalue weighted by atomic mass is 10.2. The molecular weight excluding hydrogens is 262 g/mol. The first kappa shape index (κ1) is 12.7. The topological polar surface area (TPSA) is 47.7 Å². The van der Waals surface area contributed by atoms with Gasteiger partial charge in [-0.3, -0.25) is 9.36 Å². The van der Waals surface area contributed by atoms with Gasteiger partial charge in [0.25, 0.3) is 0 Å². The number of hydrogen-bond donors (Lipinski definition) is 1. The van der Waals surface area contributed by atoms with Gasteiger partial charge in [0.15, 0.2) is 0 Å². The maximum Gasteiger partial charge on any atom is 0.132 e. The number of aryl methyl sites for hydroxylation is 2. The summed E-state index contributed by atoms with van der Waals surface area (Å²) in [5, 5.41) is 12.9. The fraction of sp³-hybridized carbons (Fsp3) is 0.538. The molecule has 0 aromatic carbocycles. The van der Waals surface area contributed by atoms with Crippen molar-refractivity contribution >= 4 is 11.6 Å². The molecule has 0 radical (unpaired) electrons. The normalized spacial score (nSPS) is 15.1. The molecule has 0 amide bonds. The standard InChI is InChI=1S/C13H18ClN5/c1-9-12(13(14)18(2)17-9)8-19-7-10(6-16-19)5-15-11-3-4-11/h6-7,11,15H,3-5,8H2,1-2H3. The fourth-order valence-corrected chi connectivity index (χ4v) is 2.38. The van der Waals surface area contributed by atoms with Crippen LogP contribution >= 0.6 is 11.6 Å². The van der Waals surface area contributed by atoms with Gasteiger partial charge in [-0.1, -0.05) is 11.6 Å². The molecular formula is C13H18ClN5. The molecule has 0 aliphatic heterocycles. The molecule has 1 aliphatic carbocycles. The molecule has 1 fully saturated rings. The lowest BCUT2D eigenvalue weighted by Crippen LogP contribution is -2.14. The van der Waals surface area contributed by atoms with E-state index in [2.05, 4.69) is 21.7 Å². The zero-order valence-electron chi connectivity index (χ0n) is 11.2. The van der Waals surface area contributed by atoms with Gasteiger partial charge in [-0.15, -0.1) is 0 Å². The van der Waals surface area contributed by atoms with Gasteiger partial charge in [0, 0.05) is 37.0 Å². The highest BCUT2D eigenvalue weighted by Gasteiger charge is 2.20. The summed E-state index contributed by atoms with van der Waals surface area (Å²) in [6.45, 7) is 3.53. The zero-order chi connectivity index (χ0) is 13.4. The Balaban J connectivity index is 1.68. The molecule has 1 saturated carbocycles. The summed E-state index contributed by atoms with van der Waals surface area (Å²) < 4.78 is 3.62. The number of aromatic nitrogens is 4. The van der Waals surface area contributed by atoms with Gasteiger partial charge in [0.1, 0.15) is 5.15 Å². The third-order valence-electron chi connectivity index (χ3n) is 3.45. The lowest BCUT2D eigenvalue weighted by molar-refractivity contribution is 0.673. The van der Waals surface area contributed by atoms with Crippen LogP contribution in [0.5, 0.6) is 0 Å². The minimum absolute atomic E-state index is 0.669. The largest absolute Gasteiger partial charge is 0.310 e. The van der Waals surface area contributed by atoms with Gasteiger partial charge in [0.05, 0.1) is 18.4 Å². The molecule has 2 heterocycles. The first-order valence-electron chi connectivity index (χ1n) is 6.56. The fourth-order valence-electron chi connectivity index (χ4n) is 2.15. The summed E-state index contributed by atoms with van der Waals surface area (Å²) in [6.07, 6.45) is 6.59. The molecule has 6 heteroatoms. The molecule has 0 atom stereocenters. The van der Waals surface area contributed by atoms with Crippen LogP contribution in [-0.4, -0.2) is 25.6 Å². The minimum atomic E-state index is 0.669. The second-order valence-electron chi connectivity index (χ2n) is 5.18. The smallest absolute Gasteiger partial charge is 0.132 e. The molecule has 102 valence electrons. The van der Waals surface area contributed by atoms with Crippen molar-refractivity contribution in [1.29, 1.82) is 0 Å². The molecule has 0 bridgehead atoms. The van der Waals surface area contributed by atoms with Crippen molar-refractivity contribution in [1.82, 2.24) is 24.9 Å². The Labute approximate surface area is 117 Å². The van der Waals surface area contributed by atoms with Crippen LogP contribution in [0.15, 0.2) is 12.4 Å². The van der Waals surface area contributed by atoms with Crippen molar-refractivity contribution in [3.63, 3.8) is 0 Å². The predicted octanol–water partition coefficient (Wildman–Crippen LogP) is 1.88. The van der Waals surface area contributed by atoms with E-state index in [-0.39, 0.29) is 0 Å². The third kappa shape index (κ3) is 2.82. The summed E-state index contributed by atoms with van der Waals surface area (Å²) >= 11 is 6.23. The highest BCUT2D eigenvalue weighted by atomic mass is 35.5. The Bertz CT molecular complexity index is 582. The highest BCUT2D eigenvalue weighted by molar-refractivity contribution is 6.30. The lowest BCUT2D eigenvalue weighted by Gasteiger charge is -2.01. The Morgan fingerprint density at radius 2 is 2.26 bits per heavy atom. The van der Waals surface area contributed by atoms with E-state index in [1.807, 2.05) is 24.9 Å². The van der Waals surface area contributed by atoms with E-state index in [4.69, 9.17) is 11.6 Å². The first-order chi connectivity index (χ1) is 9.13. The summed E-state index contributed by atoms with van der Waals surface area (Å²) in [6, 6.07) is 0.721. The van der Waals surface area contributed by atoms with Crippen molar-refractivity contribution in [3.8, 4) is 0 Å². The second kappa shape index (κ2) is 4.98. The van der Waals surface area contributed by atoms with Crippen LogP contribution in [0.1, 0.15) is 29.7 Å². The predicted molar refractivity (Wildman–Crippen MR) is 74.1 cm³/mol. The number of halogens is 1. The Hall–Kier alpha value is -1.33. The van der Waals surface area contributed by atoms with Crippen LogP contribution in [0.4, 0.5) is 0 Å². The van der Waals surface area contributed by atoms with E-state index in [0.29, 0.717) is 11.7 Å². The van der Waals surface area contributed by atoms with Gasteiger partial charge in [-0.2, -0.15) is 10.2 Å². The molecule has 5 nitrogen and oxygen atoms in total. The quantitative estimate of drug-likeness (QED) is 0.909. The summed E-state index contributed by atoms with van der Waals surface area (Å²) in [5.74, 6) is 0. The van der Waals surface area contributed by atoms with Crippen LogP contribution in [0.25, 0.3) is 0 Å². The second-order valence-corrected chi connectivity index (χ2v) is 5.54. The van der Waals surface area contributed by atoms with Crippen molar-refractivity contribution in [2.75, 3.05) is 0 Å². The van der Waals surface area contributed by atoms with Gasteiger partial charge < -0.3 is 5.32 Å². The Kier molecular flexibility index (Phi) is 3.33. The van der Waals surface area contributed by atoms with Gasteiger partial charge >= 0.3 is 0 Å². The molecule has 0 spiro atoms. The Morgan fingerprint density at radius 3 is 2.89 bits per heavy atom. The van der Waals surface area contributed by atoms with Crippen LogP contribution in [0, 0.1) is 6.92 Å². The zero-order valence-corrected chi connectivity index (χ0v) is 12.0. The van der Waals surface area contributed by atoms with Gasteiger partial charge in [-0.05, 0) is 19.8 Å². The molecule has 3 rings (SSSR count). The average Bonchev–Trinajstić information content (AvgIpc) is 3.06. The molecule has 1 N–H and O–H groups in total. The molecule has 0 unspecified atom stereocenters. The van der Waals surface area contributed by atoms with E-state index in [1.54, 1.807) is 4.68 Å². The molecule has 2 aromatic heterocycles. The third-order valence-corrected chi connectivity index (χ3v) is 3.92. The molecule has 2 aromatic rings. The monoisotopic (exact) mass is 279 g/mol. The minimum Gasteiger partial charge on any atom is -0.310 e. The van der Waals surface area contributed by atoms with Gasteiger partial charge in [0.2, 0.25) is 0 Å². The van der Waals surface area contributed by atoms with Crippen LogP contribution in [0.3, 0.4) is 0 Å². The van der Waals surface area contributed by atoms with E-state index >= 15 is 0 Å². The maximum atomic E-state index is 6.23. The number of hydrogen-bond acceptors (Lipinski definition) is 3. The van der Waals surface area contributed by atoms with Crippen molar-refractivity contribution in [2.45, 2.75) is 38.9 Å². The van der Waals surface area contributed by atoms with Crippen molar-refractivity contribution in [3.05, 3.63) is 34.4 Å². The van der Waals surface area contributed by atoms with Gasteiger partial charge in [-0.25, -0.2) is 0 Å². The van der Waals surface area contributed by atoms with E-state index in [1.165, 1.54) is 18.4 Å². The summed E-state index contributed by atoms with van der Waals surface area (Å²) in [4.78, 5) is 0.